The fourth-order valence-corrected chi connectivity index (χ4v) is 1.24. The molecule has 0 amide bonds. The lowest BCUT2D eigenvalue weighted by Crippen LogP contribution is -2.11. The number of nitrogens with zero attached hydrogens (tertiary/aromatic N) is 3. The molecular weight excluding hydrogens is 252 g/mol. The smallest absolute Gasteiger partial charge is 0.219 e. The number of amidine groups is 2. The van der Waals surface area contributed by atoms with Gasteiger partial charge in [0.2, 0.25) is 5.29 Å². The lowest BCUT2D eigenvalue weighted by molar-refractivity contribution is 0.336. The zero-order valence-electron chi connectivity index (χ0n) is 11.1. The second kappa shape index (κ2) is 8.60. The normalized spacial score (nSPS) is 16.2. The van der Waals surface area contributed by atoms with E-state index in [1.54, 1.807) is 33.0 Å². The van der Waals surface area contributed by atoms with Crippen molar-refractivity contribution in [3.05, 3.63) is 23.4 Å². The minimum Gasteiger partial charge on any atom is -0.402 e. The second-order valence-electron chi connectivity index (χ2n) is 3.48. The van der Waals surface area contributed by atoms with Crippen LogP contribution < -0.4 is 5.73 Å². The first kappa shape index (κ1) is 16.5. The first-order chi connectivity index (χ1) is 8.46. The van der Waals surface area contributed by atoms with Crippen LogP contribution in [0.2, 0.25) is 0 Å². The minimum atomic E-state index is -0.170. The molecule has 0 aliphatic carbocycles. The Morgan fingerprint density at radius 1 is 1.33 bits per heavy atom. The largest absolute Gasteiger partial charge is 0.402 e. The van der Waals surface area contributed by atoms with Gasteiger partial charge in [0.1, 0.15) is 0 Å². The Hall–Kier alpha value is -1.46. The molecule has 18 heavy (non-hydrogen) atoms. The van der Waals surface area contributed by atoms with Crippen LogP contribution in [0.25, 0.3) is 0 Å². The molecule has 0 radical (unpaired) electrons. The maximum atomic E-state index is 9.21. The van der Waals surface area contributed by atoms with Crippen molar-refractivity contribution in [2.24, 2.45) is 20.7 Å². The number of allylic oxidation sites excluding steroid dienone is 2. The van der Waals surface area contributed by atoms with E-state index in [-0.39, 0.29) is 11.9 Å². The summed E-state index contributed by atoms with van der Waals surface area (Å²) in [7, 11) is 1.54. The highest BCUT2D eigenvalue weighted by molar-refractivity contribution is 6.65. The van der Waals surface area contributed by atoms with Crippen LogP contribution in [0.3, 0.4) is 0 Å². The number of aliphatic imine (C=N–C) groups is 3. The predicted octanol–water partition coefficient (Wildman–Crippen LogP) is 1.87. The fraction of sp³-hybridized carbons (Fsp3) is 0.417. The molecule has 0 unspecified atom stereocenters. The molecule has 3 N–H and O–H groups in total. The van der Waals surface area contributed by atoms with Crippen LogP contribution >= 0.6 is 11.6 Å². The van der Waals surface area contributed by atoms with Crippen molar-refractivity contribution in [2.45, 2.75) is 20.8 Å². The van der Waals surface area contributed by atoms with Crippen LogP contribution in [0.4, 0.5) is 0 Å². The average molecular weight is 271 g/mol. The van der Waals surface area contributed by atoms with Crippen molar-refractivity contribution < 1.29 is 5.11 Å². The lowest BCUT2D eigenvalue weighted by Gasteiger charge is -2.06. The van der Waals surface area contributed by atoms with E-state index in [1.165, 1.54) is 0 Å². The maximum Gasteiger partial charge on any atom is 0.219 e. The maximum absolute atomic E-state index is 9.21. The van der Waals surface area contributed by atoms with Gasteiger partial charge in [-0.2, -0.15) is 4.99 Å². The van der Waals surface area contributed by atoms with E-state index in [9.17, 15) is 5.11 Å². The average Bonchev–Trinajstić information content (AvgIpc) is 2.29. The van der Waals surface area contributed by atoms with Crippen molar-refractivity contribution in [1.82, 2.24) is 0 Å². The summed E-state index contributed by atoms with van der Waals surface area (Å²) in [6, 6.07) is 0. The Labute approximate surface area is 112 Å². The Morgan fingerprint density at radius 2 is 1.94 bits per heavy atom. The van der Waals surface area contributed by atoms with Crippen molar-refractivity contribution in [3.8, 4) is 0 Å². The summed E-state index contributed by atoms with van der Waals surface area (Å²) >= 11 is 5.73. The number of aliphatic hydroxyl groups is 1. The van der Waals surface area contributed by atoms with Crippen LogP contribution in [0, 0.1) is 0 Å². The summed E-state index contributed by atoms with van der Waals surface area (Å²) in [5.41, 5.74) is 7.35. The van der Waals surface area contributed by atoms with Crippen LogP contribution in [0.1, 0.15) is 20.8 Å². The molecule has 0 aromatic rings. The van der Waals surface area contributed by atoms with E-state index in [2.05, 4.69) is 15.0 Å². The van der Waals surface area contributed by atoms with E-state index in [0.717, 1.165) is 0 Å². The molecule has 5 nitrogen and oxygen atoms in total. The van der Waals surface area contributed by atoms with Gasteiger partial charge in [0.05, 0.1) is 6.61 Å². The number of rotatable bonds is 3. The molecule has 0 fully saturated rings. The lowest BCUT2D eigenvalue weighted by atomic mass is 10.1. The number of aliphatic hydroxyl groups excluding tert-OH is 1. The predicted molar refractivity (Wildman–Crippen MR) is 78.5 cm³/mol. The van der Waals surface area contributed by atoms with Crippen molar-refractivity contribution in [2.75, 3.05) is 13.7 Å². The van der Waals surface area contributed by atoms with Gasteiger partial charge in [-0.05, 0) is 38.4 Å². The fourth-order valence-electron chi connectivity index (χ4n) is 1.16. The standard InChI is InChI=1S/C12H19ClN4O/c1-5-6-11(17-12(13)15-4)16-9(3)10(7-18)8(2)14/h5-6,18H,7,14H2,1-4H3/b6-5-,10-8?,15-12?,16-9?,17-11?. The van der Waals surface area contributed by atoms with E-state index in [4.69, 9.17) is 17.3 Å². The summed E-state index contributed by atoms with van der Waals surface area (Å²) in [5, 5.41) is 9.32. The van der Waals surface area contributed by atoms with E-state index < -0.39 is 0 Å². The summed E-state index contributed by atoms with van der Waals surface area (Å²) in [6.45, 7) is 5.13. The molecule has 0 bridgehead atoms. The zero-order chi connectivity index (χ0) is 14.1. The second-order valence-corrected chi connectivity index (χ2v) is 3.82. The van der Waals surface area contributed by atoms with Crippen LogP contribution in [0.15, 0.2) is 38.4 Å². The van der Waals surface area contributed by atoms with Crippen LogP contribution in [0.5, 0.6) is 0 Å². The summed E-state index contributed by atoms with van der Waals surface area (Å²) in [6.07, 6.45) is 3.48. The van der Waals surface area contributed by atoms with Gasteiger partial charge in [0, 0.05) is 24.0 Å². The van der Waals surface area contributed by atoms with Crippen molar-refractivity contribution in [1.29, 1.82) is 0 Å². The van der Waals surface area contributed by atoms with Crippen LogP contribution in [-0.2, 0) is 0 Å². The topological polar surface area (TPSA) is 83.3 Å². The summed E-state index contributed by atoms with van der Waals surface area (Å²) in [5.74, 6) is 0.401. The van der Waals surface area contributed by atoms with Gasteiger partial charge < -0.3 is 10.8 Å². The molecule has 0 aliphatic heterocycles. The Morgan fingerprint density at radius 3 is 2.33 bits per heavy atom. The zero-order valence-corrected chi connectivity index (χ0v) is 11.9. The first-order valence-electron chi connectivity index (χ1n) is 5.41. The van der Waals surface area contributed by atoms with Gasteiger partial charge in [0.15, 0.2) is 5.84 Å². The highest BCUT2D eigenvalue weighted by Crippen LogP contribution is 2.03. The number of hydrogen-bond donors (Lipinski definition) is 2. The molecule has 0 saturated heterocycles. The molecule has 6 heteroatoms. The quantitative estimate of drug-likeness (QED) is 0.466. The summed E-state index contributed by atoms with van der Waals surface area (Å²) < 4.78 is 0. The highest BCUT2D eigenvalue weighted by atomic mass is 35.5. The molecule has 0 atom stereocenters. The molecule has 0 aliphatic rings. The Kier molecular flexibility index (Phi) is 7.91. The van der Waals surface area contributed by atoms with Crippen LogP contribution in [-0.4, -0.2) is 35.6 Å². The molecular formula is C12H19ClN4O. The van der Waals surface area contributed by atoms with Crippen molar-refractivity contribution >= 4 is 28.4 Å². The number of halogens is 1. The van der Waals surface area contributed by atoms with E-state index >= 15 is 0 Å². The van der Waals surface area contributed by atoms with Gasteiger partial charge in [-0.3, -0.25) is 4.99 Å². The molecule has 100 valence electrons. The third kappa shape index (κ3) is 5.75. The van der Waals surface area contributed by atoms with Gasteiger partial charge in [-0.25, -0.2) is 4.99 Å². The number of hydrogen-bond acceptors (Lipinski definition) is 3. The molecule has 0 aromatic carbocycles. The third-order valence-corrected chi connectivity index (χ3v) is 2.31. The molecule has 0 saturated carbocycles. The molecule has 0 rings (SSSR count). The van der Waals surface area contributed by atoms with Gasteiger partial charge in [0.25, 0.3) is 0 Å². The molecule has 0 heterocycles. The Balaban J connectivity index is 5.45. The van der Waals surface area contributed by atoms with Gasteiger partial charge in [-0.15, -0.1) is 0 Å². The van der Waals surface area contributed by atoms with Gasteiger partial charge >= 0.3 is 0 Å². The van der Waals surface area contributed by atoms with E-state index in [1.807, 2.05) is 6.92 Å². The van der Waals surface area contributed by atoms with Gasteiger partial charge in [-0.1, -0.05) is 6.08 Å². The summed E-state index contributed by atoms with van der Waals surface area (Å²) in [4.78, 5) is 12.0. The molecule has 0 aromatic heterocycles. The third-order valence-electron chi connectivity index (χ3n) is 2.06. The molecule has 0 spiro atoms. The van der Waals surface area contributed by atoms with Crippen molar-refractivity contribution in [3.63, 3.8) is 0 Å². The van der Waals surface area contributed by atoms with E-state index in [0.29, 0.717) is 22.8 Å². The first-order valence-corrected chi connectivity index (χ1v) is 5.79. The minimum absolute atomic E-state index is 0.110. The highest BCUT2D eigenvalue weighted by Gasteiger charge is 2.04. The Bertz CT molecular complexity index is 429. The SMILES string of the molecule is C/C=C\C(=NC(Cl)=NC)N=C(C)C(CO)=C(C)N. The number of nitrogens with two attached hydrogens (primary N) is 1. The monoisotopic (exact) mass is 270 g/mol.